The van der Waals surface area contributed by atoms with Crippen LogP contribution in [0.25, 0.3) is 10.9 Å². The van der Waals surface area contributed by atoms with Gasteiger partial charge < -0.3 is 29.3 Å². The van der Waals surface area contributed by atoms with Crippen molar-refractivity contribution < 1.29 is 18.7 Å². The Hall–Kier alpha value is -3.62. The minimum Gasteiger partial charge on any atom is -0.469 e. The minimum absolute atomic E-state index is 0.0214. The number of benzene rings is 1. The number of carbonyl (C=O) groups excluding carboxylic acids is 2. The van der Waals surface area contributed by atoms with E-state index in [1.54, 1.807) is 25.7 Å². The quantitative estimate of drug-likeness (QED) is 0.167. The number of H-pyrrole nitrogens is 2. The number of aromatic amines is 2. The normalized spacial score (nSPS) is 18.0. The van der Waals surface area contributed by atoms with Crippen molar-refractivity contribution in [3.05, 3.63) is 81.7 Å². The number of aromatic nitrogens is 2. The minimum atomic E-state index is -0.410. The third kappa shape index (κ3) is 6.40. The SMILES string of the molecule is CCOC(=O)c1[nH]c2c(c1C)C(=O)CC(c1ccco1)C2.Cc1ccc2[nH]c3c(c2c1)CCCC3NCCCN(C)C. The first-order valence-electron chi connectivity index (χ1n) is 15.2. The van der Waals surface area contributed by atoms with Crippen molar-refractivity contribution in [2.45, 2.75) is 71.3 Å². The third-order valence-electron chi connectivity index (χ3n) is 8.45. The Morgan fingerprint density at radius 2 is 2.00 bits per heavy atom. The average Bonchev–Trinajstić information content (AvgIpc) is 3.70. The summed E-state index contributed by atoms with van der Waals surface area (Å²) < 4.78 is 10.4. The summed E-state index contributed by atoms with van der Waals surface area (Å²) in [7, 11) is 4.28. The summed E-state index contributed by atoms with van der Waals surface area (Å²) in [6.07, 6.45) is 7.64. The van der Waals surface area contributed by atoms with E-state index in [1.807, 2.05) is 12.1 Å². The highest BCUT2D eigenvalue weighted by molar-refractivity contribution is 6.03. The second-order valence-electron chi connectivity index (χ2n) is 11.9. The number of hydrogen-bond donors (Lipinski definition) is 3. The number of aryl methyl sites for hydroxylation is 2. The Morgan fingerprint density at radius 1 is 1.17 bits per heavy atom. The number of Topliss-reactive ketones (excluding diaryl/α,β-unsaturated/α-hetero) is 1. The second-order valence-corrected chi connectivity index (χ2v) is 11.9. The maximum absolute atomic E-state index is 12.4. The fourth-order valence-electron chi connectivity index (χ4n) is 6.42. The van der Waals surface area contributed by atoms with Gasteiger partial charge in [0.25, 0.3) is 0 Å². The zero-order valence-corrected chi connectivity index (χ0v) is 25.6. The van der Waals surface area contributed by atoms with Gasteiger partial charge in [-0.1, -0.05) is 11.6 Å². The smallest absolute Gasteiger partial charge is 0.355 e. The van der Waals surface area contributed by atoms with Crippen molar-refractivity contribution in [3.63, 3.8) is 0 Å². The van der Waals surface area contributed by atoms with Crippen LogP contribution in [0.2, 0.25) is 0 Å². The number of hydrogen-bond acceptors (Lipinski definition) is 6. The topological polar surface area (TPSA) is 103 Å². The molecule has 2 aliphatic carbocycles. The van der Waals surface area contributed by atoms with E-state index in [9.17, 15) is 9.59 Å². The van der Waals surface area contributed by atoms with E-state index in [-0.39, 0.29) is 11.7 Å². The number of nitrogens with zero attached hydrogens (tertiary/aromatic N) is 1. The van der Waals surface area contributed by atoms with Gasteiger partial charge in [0.1, 0.15) is 11.5 Å². The molecule has 3 heterocycles. The molecule has 1 aromatic carbocycles. The number of fused-ring (bicyclic) bond motifs is 4. The van der Waals surface area contributed by atoms with Crippen molar-refractivity contribution in [2.24, 2.45) is 0 Å². The highest BCUT2D eigenvalue weighted by atomic mass is 16.5. The van der Waals surface area contributed by atoms with Crippen molar-refractivity contribution in [3.8, 4) is 0 Å². The lowest BCUT2D eigenvalue weighted by Crippen LogP contribution is -2.28. The lowest BCUT2D eigenvalue weighted by atomic mass is 9.84. The lowest BCUT2D eigenvalue weighted by Gasteiger charge is -2.24. The molecule has 8 nitrogen and oxygen atoms in total. The van der Waals surface area contributed by atoms with Crippen LogP contribution in [-0.2, 0) is 17.6 Å². The summed E-state index contributed by atoms with van der Waals surface area (Å²) in [4.78, 5) is 33.3. The van der Waals surface area contributed by atoms with Crippen LogP contribution in [-0.4, -0.2) is 60.4 Å². The number of nitrogens with one attached hydrogen (secondary N) is 3. The molecule has 0 spiro atoms. The molecule has 2 aliphatic rings. The van der Waals surface area contributed by atoms with Gasteiger partial charge in [0.05, 0.1) is 12.9 Å². The second kappa shape index (κ2) is 13.1. The van der Waals surface area contributed by atoms with Crippen LogP contribution >= 0.6 is 0 Å². The number of carbonyl (C=O) groups is 2. The fourth-order valence-corrected chi connectivity index (χ4v) is 6.42. The van der Waals surface area contributed by atoms with Crippen LogP contribution in [0.3, 0.4) is 0 Å². The molecule has 2 atom stereocenters. The zero-order valence-electron chi connectivity index (χ0n) is 25.6. The first kappa shape index (κ1) is 29.9. The molecular formula is C34H44N4O4. The predicted octanol–water partition coefficient (Wildman–Crippen LogP) is 6.40. The molecule has 0 bridgehead atoms. The number of esters is 1. The summed E-state index contributed by atoms with van der Waals surface area (Å²) in [5.74, 6) is 0.459. The van der Waals surface area contributed by atoms with Crippen molar-refractivity contribution in [2.75, 3.05) is 33.8 Å². The van der Waals surface area contributed by atoms with Crippen LogP contribution in [0.1, 0.15) is 99.3 Å². The molecule has 3 aromatic heterocycles. The van der Waals surface area contributed by atoms with Crippen LogP contribution in [0.4, 0.5) is 0 Å². The van der Waals surface area contributed by atoms with Crippen molar-refractivity contribution >= 4 is 22.7 Å². The molecule has 224 valence electrons. The van der Waals surface area contributed by atoms with E-state index in [4.69, 9.17) is 9.15 Å². The number of ether oxygens (including phenoxy) is 1. The number of rotatable bonds is 8. The summed E-state index contributed by atoms with van der Waals surface area (Å²) in [5.41, 5.74) is 8.14. The van der Waals surface area contributed by atoms with Crippen LogP contribution < -0.4 is 5.32 Å². The summed E-state index contributed by atoms with van der Waals surface area (Å²) >= 11 is 0. The Kier molecular flexibility index (Phi) is 9.34. The maximum atomic E-state index is 12.4. The molecule has 0 saturated heterocycles. The molecule has 0 saturated carbocycles. The molecular weight excluding hydrogens is 528 g/mol. The van der Waals surface area contributed by atoms with Crippen molar-refractivity contribution in [1.29, 1.82) is 0 Å². The highest BCUT2D eigenvalue weighted by Gasteiger charge is 2.33. The summed E-state index contributed by atoms with van der Waals surface area (Å²) in [6.45, 7) is 8.28. The van der Waals surface area contributed by atoms with E-state index < -0.39 is 5.97 Å². The Morgan fingerprint density at radius 3 is 2.74 bits per heavy atom. The molecule has 4 aromatic rings. The fraction of sp³-hybridized carbons (Fsp3) is 0.471. The molecule has 8 heteroatoms. The van der Waals surface area contributed by atoms with Gasteiger partial charge in [0, 0.05) is 46.2 Å². The van der Waals surface area contributed by atoms with Gasteiger partial charge in [-0.05, 0) is 115 Å². The van der Waals surface area contributed by atoms with Crippen molar-refractivity contribution in [1.82, 2.24) is 20.2 Å². The number of ketones is 1. The van der Waals surface area contributed by atoms with Crippen LogP contribution in [0, 0.1) is 13.8 Å². The van der Waals surface area contributed by atoms with Gasteiger partial charge in [0.2, 0.25) is 0 Å². The van der Waals surface area contributed by atoms with E-state index in [0.29, 0.717) is 42.3 Å². The monoisotopic (exact) mass is 572 g/mol. The van der Waals surface area contributed by atoms with Crippen LogP contribution in [0.15, 0.2) is 41.0 Å². The van der Waals surface area contributed by atoms with E-state index in [2.05, 4.69) is 59.4 Å². The Bertz CT molecular complexity index is 1530. The molecule has 2 unspecified atom stereocenters. The molecule has 3 N–H and O–H groups in total. The third-order valence-corrected chi connectivity index (χ3v) is 8.45. The Labute approximate surface area is 248 Å². The van der Waals surface area contributed by atoms with Gasteiger partial charge in [-0.15, -0.1) is 0 Å². The zero-order chi connectivity index (χ0) is 29.8. The van der Waals surface area contributed by atoms with Gasteiger partial charge in [-0.3, -0.25) is 4.79 Å². The summed E-state index contributed by atoms with van der Waals surface area (Å²) in [5, 5.41) is 5.19. The molecule has 42 heavy (non-hydrogen) atoms. The molecule has 0 amide bonds. The summed E-state index contributed by atoms with van der Waals surface area (Å²) in [6, 6.07) is 11.0. The largest absolute Gasteiger partial charge is 0.469 e. The van der Waals surface area contributed by atoms with Gasteiger partial charge in [-0.2, -0.15) is 0 Å². The van der Waals surface area contributed by atoms with Gasteiger partial charge in [-0.25, -0.2) is 4.79 Å². The average molecular weight is 573 g/mol. The Balaban J connectivity index is 0.000000168. The molecule has 0 fully saturated rings. The standard InChI is InChI=1S/C18H27N3.C16H17NO4/c1-13-8-9-16-15(12-13)14-6-4-7-17(18(14)20-16)19-10-5-11-21(2)3;1-3-20-16(19)15-9(2)14-11(17-15)7-10(8-12(14)18)13-5-4-6-21-13/h8-9,12,17,19-20H,4-7,10-11H2,1-3H3;4-6,10,17H,3,7-8H2,1-2H3. The van der Waals surface area contributed by atoms with E-state index in [1.165, 1.54) is 47.8 Å². The predicted molar refractivity (Wildman–Crippen MR) is 165 cm³/mol. The first-order valence-corrected chi connectivity index (χ1v) is 15.2. The van der Waals surface area contributed by atoms with Crippen LogP contribution in [0.5, 0.6) is 0 Å². The lowest BCUT2D eigenvalue weighted by molar-refractivity contribution is 0.0519. The van der Waals surface area contributed by atoms with Gasteiger partial charge >= 0.3 is 5.97 Å². The molecule has 0 aliphatic heterocycles. The number of furan rings is 1. The van der Waals surface area contributed by atoms with E-state index >= 15 is 0 Å². The highest BCUT2D eigenvalue weighted by Crippen LogP contribution is 2.36. The van der Waals surface area contributed by atoms with Gasteiger partial charge in [0.15, 0.2) is 5.78 Å². The molecule has 0 radical (unpaired) electrons. The maximum Gasteiger partial charge on any atom is 0.355 e. The first-order chi connectivity index (χ1) is 20.3. The van der Waals surface area contributed by atoms with E-state index in [0.717, 1.165) is 24.5 Å². The molecule has 6 rings (SSSR count).